The zero-order chi connectivity index (χ0) is 22.7. The van der Waals surface area contributed by atoms with Crippen molar-refractivity contribution in [1.29, 1.82) is 0 Å². The predicted octanol–water partition coefficient (Wildman–Crippen LogP) is 2.01. The summed E-state index contributed by atoms with van der Waals surface area (Å²) in [5.74, 6) is -1.07. The van der Waals surface area contributed by atoms with Crippen LogP contribution in [0, 0.1) is 10.1 Å². The lowest BCUT2D eigenvalue weighted by Crippen LogP contribution is -2.38. The summed E-state index contributed by atoms with van der Waals surface area (Å²) in [5, 5.41) is 20.0. The van der Waals surface area contributed by atoms with Gasteiger partial charge in [0.25, 0.3) is 5.91 Å². The average molecular weight is 428 g/mol. The number of imide groups is 1. The zero-order valence-corrected chi connectivity index (χ0v) is 17.6. The van der Waals surface area contributed by atoms with E-state index in [0.29, 0.717) is 0 Å². The number of aliphatic hydroxyl groups excluding tert-OH is 1. The van der Waals surface area contributed by atoms with E-state index >= 15 is 0 Å². The minimum atomic E-state index is -0.892. The number of benzene rings is 1. The first-order valence-corrected chi connectivity index (χ1v) is 9.26. The normalized spacial score (nSPS) is 11.1. The van der Waals surface area contributed by atoms with E-state index in [0.717, 1.165) is 4.90 Å². The minimum absolute atomic E-state index is 0.0682. The number of hydrogen-bond acceptors (Lipinski definition) is 9. The van der Waals surface area contributed by atoms with E-state index in [1.807, 2.05) is 0 Å². The Hall–Kier alpha value is -2.76. The second-order valence-electron chi connectivity index (χ2n) is 7.05. The van der Waals surface area contributed by atoms with Crippen molar-refractivity contribution >= 4 is 17.7 Å². The molecule has 0 bridgehead atoms. The summed E-state index contributed by atoms with van der Waals surface area (Å²) in [7, 11) is 1.22. The fraction of sp³-hybridized carbons (Fsp3) is 0.579. The first-order valence-electron chi connectivity index (χ1n) is 9.26. The smallest absolute Gasteiger partial charge is 0.417 e. The quantitative estimate of drug-likeness (QED) is 0.318. The zero-order valence-electron chi connectivity index (χ0n) is 17.6. The minimum Gasteiger partial charge on any atom is -0.484 e. The molecule has 0 fully saturated rings. The maximum Gasteiger partial charge on any atom is 0.417 e. The third kappa shape index (κ3) is 8.31. The standard InChI is InChI=1S/C19H28N2O9/c1-19(2,3)30-18(24)20(4)17(23)14-6-5-7-15(21(25)26)16(14)29-13-12-28-11-10-27-9-8-22/h5-7,22H,8-13H2,1-4H3. The largest absolute Gasteiger partial charge is 0.484 e. The lowest BCUT2D eigenvalue weighted by atomic mass is 10.1. The lowest BCUT2D eigenvalue weighted by Gasteiger charge is -2.24. The summed E-state index contributed by atoms with van der Waals surface area (Å²) >= 11 is 0. The SMILES string of the molecule is CN(C(=O)OC(C)(C)C)C(=O)c1cccc([N+](=O)[O-])c1OCCOCCOCCO. The van der Waals surface area contributed by atoms with E-state index in [9.17, 15) is 19.7 Å². The van der Waals surface area contributed by atoms with Crippen molar-refractivity contribution in [1.82, 2.24) is 4.90 Å². The van der Waals surface area contributed by atoms with Gasteiger partial charge >= 0.3 is 11.8 Å². The molecule has 168 valence electrons. The van der Waals surface area contributed by atoms with Gasteiger partial charge in [-0.2, -0.15) is 0 Å². The number of amides is 2. The van der Waals surface area contributed by atoms with Gasteiger partial charge in [-0.1, -0.05) is 6.07 Å². The molecule has 0 aliphatic rings. The first kappa shape index (κ1) is 25.3. The molecule has 1 rings (SSSR count). The Morgan fingerprint density at radius 1 is 1.10 bits per heavy atom. The van der Waals surface area contributed by atoms with Gasteiger partial charge in [0.05, 0.1) is 43.5 Å². The molecular formula is C19H28N2O9. The number of para-hydroxylation sites is 1. The Morgan fingerprint density at radius 2 is 1.70 bits per heavy atom. The molecule has 0 atom stereocenters. The summed E-state index contributed by atoms with van der Waals surface area (Å²) in [6.45, 7) is 5.61. The molecule has 1 aromatic rings. The summed E-state index contributed by atoms with van der Waals surface area (Å²) < 4.78 is 20.9. The second-order valence-corrected chi connectivity index (χ2v) is 7.05. The molecule has 0 unspecified atom stereocenters. The molecule has 0 aliphatic carbocycles. The van der Waals surface area contributed by atoms with Gasteiger partial charge in [-0.3, -0.25) is 14.9 Å². The highest BCUT2D eigenvalue weighted by atomic mass is 16.6. The molecule has 0 saturated carbocycles. The molecule has 0 spiro atoms. The fourth-order valence-corrected chi connectivity index (χ4v) is 2.17. The van der Waals surface area contributed by atoms with Gasteiger partial charge in [-0.15, -0.1) is 0 Å². The van der Waals surface area contributed by atoms with Crippen molar-refractivity contribution in [3.8, 4) is 5.75 Å². The van der Waals surface area contributed by atoms with E-state index in [2.05, 4.69) is 0 Å². The average Bonchev–Trinajstić information content (AvgIpc) is 2.67. The molecule has 0 saturated heterocycles. The summed E-state index contributed by atoms with van der Waals surface area (Å²) in [5.41, 5.74) is -1.38. The van der Waals surface area contributed by atoms with Crippen molar-refractivity contribution < 1.29 is 38.6 Å². The Kier molecular flexibility index (Phi) is 10.2. The first-order chi connectivity index (χ1) is 14.1. The number of hydrogen-bond donors (Lipinski definition) is 1. The lowest BCUT2D eigenvalue weighted by molar-refractivity contribution is -0.385. The highest BCUT2D eigenvalue weighted by molar-refractivity contribution is 6.05. The maximum absolute atomic E-state index is 12.8. The van der Waals surface area contributed by atoms with Gasteiger partial charge in [-0.05, 0) is 26.8 Å². The third-order valence-electron chi connectivity index (χ3n) is 3.48. The maximum atomic E-state index is 12.8. The number of aliphatic hydroxyl groups is 1. The van der Waals surface area contributed by atoms with Crippen LogP contribution in [0.1, 0.15) is 31.1 Å². The molecule has 11 nitrogen and oxygen atoms in total. The van der Waals surface area contributed by atoms with Gasteiger partial charge in [0.15, 0.2) is 0 Å². The summed E-state index contributed by atoms with van der Waals surface area (Å²) in [6.07, 6.45) is -0.892. The Morgan fingerprint density at radius 3 is 2.27 bits per heavy atom. The van der Waals surface area contributed by atoms with Crippen LogP contribution in [0.25, 0.3) is 0 Å². The topological polar surface area (TPSA) is 138 Å². The highest BCUT2D eigenvalue weighted by Crippen LogP contribution is 2.32. The monoisotopic (exact) mass is 428 g/mol. The number of ether oxygens (including phenoxy) is 4. The van der Waals surface area contributed by atoms with E-state index in [-0.39, 0.29) is 51.0 Å². The number of nitro benzene ring substituents is 1. The molecule has 11 heteroatoms. The molecule has 30 heavy (non-hydrogen) atoms. The van der Waals surface area contributed by atoms with Gasteiger partial charge < -0.3 is 24.1 Å². The van der Waals surface area contributed by atoms with Gasteiger partial charge in [0.1, 0.15) is 12.2 Å². The van der Waals surface area contributed by atoms with Gasteiger partial charge in [-0.25, -0.2) is 9.69 Å². The molecule has 0 aromatic heterocycles. The summed E-state index contributed by atoms with van der Waals surface area (Å²) in [6, 6.07) is 3.86. The van der Waals surface area contributed by atoms with Crippen LogP contribution in [0.5, 0.6) is 5.75 Å². The van der Waals surface area contributed by atoms with Crippen LogP contribution in [0.2, 0.25) is 0 Å². The van der Waals surface area contributed by atoms with Crippen LogP contribution in [-0.2, 0) is 14.2 Å². The van der Waals surface area contributed by atoms with Crippen molar-refractivity contribution in [2.24, 2.45) is 0 Å². The molecule has 0 heterocycles. The third-order valence-corrected chi connectivity index (χ3v) is 3.48. The van der Waals surface area contributed by atoms with Crippen LogP contribution in [0.15, 0.2) is 18.2 Å². The number of rotatable bonds is 11. The number of carbonyl (C=O) groups is 2. The Labute approximate surface area is 174 Å². The van der Waals surface area contributed by atoms with Gasteiger partial charge in [0, 0.05) is 13.1 Å². The Balaban J connectivity index is 2.86. The van der Waals surface area contributed by atoms with E-state index < -0.39 is 28.2 Å². The fourth-order valence-electron chi connectivity index (χ4n) is 2.17. The molecule has 1 aromatic carbocycles. The summed E-state index contributed by atoms with van der Waals surface area (Å²) in [4.78, 5) is 36.3. The number of nitrogens with zero attached hydrogens (tertiary/aromatic N) is 2. The van der Waals surface area contributed by atoms with Crippen molar-refractivity contribution in [3.05, 3.63) is 33.9 Å². The van der Waals surface area contributed by atoms with Crippen molar-refractivity contribution in [3.63, 3.8) is 0 Å². The van der Waals surface area contributed by atoms with E-state index in [1.165, 1.54) is 25.2 Å². The second kappa shape index (κ2) is 12.1. The molecule has 1 N–H and O–H groups in total. The predicted molar refractivity (Wildman–Crippen MR) is 106 cm³/mol. The van der Waals surface area contributed by atoms with Crippen molar-refractivity contribution in [2.45, 2.75) is 26.4 Å². The van der Waals surface area contributed by atoms with Crippen LogP contribution >= 0.6 is 0 Å². The van der Waals surface area contributed by atoms with E-state index in [4.69, 9.17) is 24.1 Å². The van der Waals surface area contributed by atoms with Crippen LogP contribution < -0.4 is 4.74 Å². The van der Waals surface area contributed by atoms with Gasteiger partial charge in [0.2, 0.25) is 5.75 Å². The molecule has 0 radical (unpaired) electrons. The molecule has 0 aliphatic heterocycles. The number of nitro groups is 1. The number of carbonyl (C=O) groups excluding carboxylic acids is 2. The van der Waals surface area contributed by atoms with Crippen LogP contribution in [0.4, 0.5) is 10.5 Å². The van der Waals surface area contributed by atoms with Crippen molar-refractivity contribution in [2.75, 3.05) is 46.7 Å². The highest BCUT2D eigenvalue weighted by Gasteiger charge is 2.30. The molecular weight excluding hydrogens is 400 g/mol. The van der Waals surface area contributed by atoms with Crippen LogP contribution in [0.3, 0.4) is 0 Å². The van der Waals surface area contributed by atoms with E-state index in [1.54, 1.807) is 20.8 Å². The van der Waals surface area contributed by atoms with Crippen LogP contribution in [-0.4, -0.2) is 79.2 Å². The Bertz CT molecular complexity index is 731. The molecule has 2 amide bonds.